The molecule has 0 unspecified atom stereocenters. The lowest BCUT2D eigenvalue weighted by atomic mass is 10.3. The lowest BCUT2D eigenvalue weighted by Gasteiger charge is -2.04. The van der Waals surface area contributed by atoms with E-state index in [2.05, 4.69) is 26.2 Å². The number of pyridine rings is 1. The number of ether oxygens (including phenoxy) is 1. The molecule has 4 heteroatoms. The van der Waals surface area contributed by atoms with Crippen molar-refractivity contribution in [2.45, 2.75) is 6.61 Å². The van der Waals surface area contributed by atoms with Gasteiger partial charge < -0.3 is 10.1 Å². The monoisotopic (exact) mass is 226 g/mol. The van der Waals surface area contributed by atoms with Gasteiger partial charge >= 0.3 is 0 Å². The molecule has 0 amide bonds. The zero-order valence-corrected chi connectivity index (χ0v) is 7.84. The Morgan fingerprint density at radius 1 is 1.58 bits per heavy atom. The first-order valence-corrected chi connectivity index (χ1v) is 4.33. The zero-order valence-electron chi connectivity index (χ0n) is 6.25. The Balaban J connectivity index is 2.42. The van der Waals surface area contributed by atoms with E-state index in [1.54, 1.807) is 18.7 Å². The summed E-state index contributed by atoms with van der Waals surface area (Å²) in [4.78, 5) is 4.19. The van der Waals surface area contributed by atoms with Gasteiger partial charge in [0.05, 0.1) is 6.26 Å². The minimum atomic E-state index is 0.561. The van der Waals surface area contributed by atoms with Crippen molar-refractivity contribution in [2.75, 3.05) is 5.32 Å². The standard InChI is InChI=1S/C8H7BrN2O/c9-7-3-6-5-12-2-1-10-8(6)11-4-7/h1-4H,5H2,(H,10,11). The topological polar surface area (TPSA) is 34.1 Å². The maximum atomic E-state index is 5.17. The van der Waals surface area contributed by atoms with Gasteiger partial charge in [-0.05, 0) is 22.0 Å². The van der Waals surface area contributed by atoms with Crippen LogP contribution in [0.2, 0.25) is 0 Å². The molecule has 1 aliphatic heterocycles. The van der Waals surface area contributed by atoms with Gasteiger partial charge in [0.25, 0.3) is 0 Å². The average Bonchev–Trinajstić information content (AvgIpc) is 2.28. The van der Waals surface area contributed by atoms with Crippen LogP contribution in [0.25, 0.3) is 0 Å². The minimum Gasteiger partial charge on any atom is -0.495 e. The largest absolute Gasteiger partial charge is 0.495 e. The molecule has 0 aromatic carbocycles. The first-order chi connectivity index (χ1) is 5.86. The number of rotatable bonds is 0. The number of aromatic nitrogens is 1. The third-order valence-electron chi connectivity index (χ3n) is 1.56. The maximum absolute atomic E-state index is 5.17. The molecule has 0 aliphatic carbocycles. The molecule has 0 spiro atoms. The third-order valence-corrected chi connectivity index (χ3v) is 1.99. The van der Waals surface area contributed by atoms with Gasteiger partial charge in [0, 0.05) is 22.4 Å². The molecule has 3 nitrogen and oxygen atoms in total. The van der Waals surface area contributed by atoms with Crippen LogP contribution in [0.3, 0.4) is 0 Å². The van der Waals surface area contributed by atoms with E-state index >= 15 is 0 Å². The molecule has 12 heavy (non-hydrogen) atoms. The summed E-state index contributed by atoms with van der Waals surface area (Å²) in [6.07, 6.45) is 5.10. The molecule has 0 saturated heterocycles. The Labute approximate surface area is 78.6 Å². The van der Waals surface area contributed by atoms with Gasteiger partial charge in [-0.15, -0.1) is 0 Å². The first-order valence-electron chi connectivity index (χ1n) is 3.54. The van der Waals surface area contributed by atoms with Crippen LogP contribution < -0.4 is 5.32 Å². The molecular weight excluding hydrogens is 220 g/mol. The number of hydrogen-bond acceptors (Lipinski definition) is 3. The van der Waals surface area contributed by atoms with E-state index in [4.69, 9.17) is 4.74 Å². The number of halogens is 1. The van der Waals surface area contributed by atoms with Crippen molar-refractivity contribution in [2.24, 2.45) is 0 Å². The highest BCUT2D eigenvalue weighted by Crippen LogP contribution is 2.20. The first kappa shape index (κ1) is 7.61. The number of hydrogen-bond donors (Lipinski definition) is 1. The predicted molar refractivity (Wildman–Crippen MR) is 49.5 cm³/mol. The molecule has 62 valence electrons. The van der Waals surface area contributed by atoms with Gasteiger partial charge in [-0.25, -0.2) is 4.98 Å². The van der Waals surface area contributed by atoms with Gasteiger partial charge in [-0.3, -0.25) is 0 Å². The summed E-state index contributed by atoms with van der Waals surface area (Å²) < 4.78 is 6.14. The van der Waals surface area contributed by atoms with E-state index in [1.165, 1.54) is 0 Å². The smallest absolute Gasteiger partial charge is 0.136 e. The molecule has 2 rings (SSSR count). The summed E-state index contributed by atoms with van der Waals surface area (Å²) >= 11 is 3.35. The van der Waals surface area contributed by atoms with E-state index in [1.807, 2.05) is 6.07 Å². The average molecular weight is 227 g/mol. The lowest BCUT2D eigenvalue weighted by molar-refractivity contribution is 0.238. The molecule has 0 bridgehead atoms. The fraction of sp³-hybridized carbons (Fsp3) is 0.125. The van der Waals surface area contributed by atoms with E-state index in [0.717, 1.165) is 15.9 Å². The van der Waals surface area contributed by atoms with Gasteiger partial charge in [0.1, 0.15) is 12.4 Å². The van der Waals surface area contributed by atoms with Gasteiger partial charge in [-0.2, -0.15) is 0 Å². The van der Waals surface area contributed by atoms with Crippen molar-refractivity contribution in [1.82, 2.24) is 4.98 Å². The quantitative estimate of drug-likeness (QED) is 0.738. The second-order valence-electron chi connectivity index (χ2n) is 2.42. The molecule has 1 N–H and O–H groups in total. The summed E-state index contributed by atoms with van der Waals surface area (Å²) in [6, 6.07) is 1.99. The number of anilines is 1. The van der Waals surface area contributed by atoms with Crippen LogP contribution in [-0.4, -0.2) is 4.98 Å². The second kappa shape index (κ2) is 3.15. The summed E-state index contributed by atoms with van der Waals surface area (Å²) in [7, 11) is 0. The summed E-state index contributed by atoms with van der Waals surface area (Å²) in [6.45, 7) is 0.561. The molecule has 2 heterocycles. The van der Waals surface area contributed by atoms with Gasteiger partial charge in [-0.1, -0.05) is 0 Å². The Hall–Kier alpha value is -1.03. The van der Waals surface area contributed by atoms with Crippen LogP contribution in [0.4, 0.5) is 5.82 Å². The molecule has 0 atom stereocenters. The van der Waals surface area contributed by atoms with E-state index in [0.29, 0.717) is 6.61 Å². The van der Waals surface area contributed by atoms with Crippen molar-refractivity contribution >= 4 is 21.7 Å². The molecule has 0 fully saturated rings. The highest BCUT2D eigenvalue weighted by Gasteiger charge is 2.05. The number of nitrogens with one attached hydrogen (secondary N) is 1. The summed E-state index contributed by atoms with van der Waals surface area (Å²) in [5, 5.41) is 3.01. The van der Waals surface area contributed by atoms with Crippen LogP contribution in [0.15, 0.2) is 29.2 Å². The zero-order chi connectivity index (χ0) is 8.39. The van der Waals surface area contributed by atoms with Crippen molar-refractivity contribution < 1.29 is 4.74 Å². The van der Waals surface area contributed by atoms with Crippen LogP contribution in [0, 0.1) is 0 Å². The number of fused-ring (bicyclic) bond motifs is 1. The number of nitrogens with zero attached hydrogens (tertiary/aromatic N) is 1. The normalized spacial score (nSPS) is 14.1. The van der Waals surface area contributed by atoms with Crippen molar-refractivity contribution in [3.63, 3.8) is 0 Å². The molecular formula is C8H7BrN2O. The van der Waals surface area contributed by atoms with Crippen molar-refractivity contribution in [1.29, 1.82) is 0 Å². The SMILES string of the molecule is Brc1cnc2c(c1)COC=CN2. The van der Waals surface area contributed by atoms with Crippen LogP contribution >= 0.6 is 15.9 Å². The van der Waals surface area contributed by atoms with Crippen LogP contribution in [-0.2, 0) is 11.3 Å². The summed E-state index contributed by atoms with van der Waals surface area (Å²) in [5.41, 5.74) is 1.05. The van der Waals surface area contributed by atoms with Crippen LogP contribution in [0.5, 0.6) is 0 Å². The molecule has 0 saturated carbocycles. The molecule has 0 radical (unpaired) electrons. The van der Waals surface area contributed by atoms with Gasteiger partial charge in [0.2, 0.25) is 0 Å². The van der Waals surface area contributed by atoms with Crippen molar-refractivity contribution in [3.8, 4) is 0 Å². The van der Waals surface area contributed by atoms with Gasteiger partial charge in [0.15, 0.2) is 0 Å². The highest BCUT2D eigenvalue weighted by atomic mass is 79.9. The second-order valence-corrected chi connectivity index (χ2v) is 3.34. The van der Waals surface area contributed by atoms with E-state index in [-0.39, 0.29) is 0 Å². The lowest BCUT2D eigenvalue weighted by Crippen LogP contribution is -1.95. The van der Waals surface area contributed by atoms with E-state index < -0.39 is 0 Å². The van der Waals surface area contributed by atoms with Crippen molar-refractivity contribution in [3.05, 3.63) is 34.8 Å². The van der Waals surface area contributed by atoms with Crippen LogP contribution in [0.1, 0.15) is 5.56 Å². The molecule has 1 aromatic rings. The third kappa shape index (κ3) is 1.43. The van der Waals surface area contributed by atoms with E-state index in [9.17, 15) is 0 Å². The summed E-state index contributed by atoms with van der Waals surface area (Å²) in [5.74, 6) is 0.854. The Morgan fingerprint density at radius 3 is 3.42 bits per heavy atom. The fourth-order valence-corrected chi connectivity index (χ4v) is 1.40. The molecule has 1 aliphatic rings. The molecule has 1 aromatic heterocycles. The maximum Gasteiger partial charge on any atom is 0.136 e. The minimum absolute atomic E-state index is 0.561. The predicted octanol–water partition coefficient (Wildman–Crippen LogP) is 2.26. The highest BCUT2D eigenvalue weighted by molar-refractivity contribution is 9.10. The Bertz CT molecular complexity index is 325. The Kier molecular flexibility index (Phi) is 1.99. The fourth-order valence-electron chi connectivity index (χ4n) is 1.02. The Morgan fingerprint density at radius 2 is 2.50 bits per heavy atom.